The highest BCUT2D eigenvalue weighted by atomic mass is 79.9. The number of nitrogens with two attached hydrogens (primary N) is 1. The van der Waals surface area contributed by atoms with Gasteiger partial charge < -0.3 is 15.8 Å². The molecule has 0 spiro atoms. The minimum Gasteiger partial charge on any atom is -0.497 e. The predicted octanol–water partition coefficient (Wildman–Crippen LogP) is 3.23. The van der Waals surface area contributed by atoms with Crippen LogP contribution in [0.3, 0.4) is 0 Å². The average molecular weight is 338 g/mol. The van der Waals surface area contributed by atoms with Gasteiger partial charge in [-0.3, -0.25) is 4.98 Å². The van der Waals surface area contributed by atoms with Crippen LogP contribution in [0.2, 0.25) is 0 Å². The molecule has 6 heteroatoms. The van der Waals surface area contributed by atoms with Gasteiger partial charge in [0.1, 0.15) is 10.7 Å². The zero-order valence-corrected chi connectivity index (χ0v) is 12.6. The molecule has 0 unspecified atom stereocenters. The minimum atomic E-state index is 0.274. The summed E-state index contributed by atoms with van der Waals surface area (Å²) in [4.78, 5) is 4.37. The van der Waals surface area contributed by atoms with Gasteiger partial charge in [0.15, 0.2) is 0 Å². The first-order valence-corrected chi connectivity index (χ1v) is 6.66. The Bertz CT molecular complexity index is 619. The Morgan fingerprint density at radius 2 is 2.11 bits per heavy atom. The van der Waals surface area contributed by atoms with Crippen LogP contribution in [-0.2, 0) is 0 Å². The van der Waals surface area contributed by atoms with Crippen LogP contribution in [-0.4, -0.2) is 17.1 Å². The fraction of sp³-hybridized carbons (Fsp3) is 0.0769. The lowest BCUT2D eigenvalue weighted by molar-refractivity contribution is 0.415. The highest BCUT2D eigenvalue weighted by molar-refractivity contribution is 9.10. The van der Waals surface area contributed by atoms with Crippen LogP contribution >= 0.6 is 28.1 Å². The van der Waals surface area contributed by atoms with E-state index in [2.05, 4.69) is 26.2 Å². The molecule has 2 rings (SSSR count). The number of methoxy groups -OCH3 is 1. The van der Waals surface area contributed by atoms with E-state index in [-0.39, 0.29) is 4.99 Å². The molecule has 0 aliphatic rings. The number of ether oxygens (including phenoxy) is 1. The van der Waals surface area contributed by atoms with Crippen molar-refractivity contribution in [1.29, 1.82) is 0 Å². The summed E-state index contributed by atoms with van der Waals surface area (Å²) < 4.78 is 6.14. The molecule has 0 amide bonds. The Balaban J connectivity index is 2.28. The molecule has 2 aromatic rings. The second-order valence-corrected chi connectivity index (χ2v) is 5.15. The molecular formula is C13H12BrN3OS. The van der Waals surface area contributed by atoms with Gasteiger partial charge in [-0.2, -0.15) is 0 Å². The molecule has 0 saturated carbocycles. The topological polar surface area (TPSA) is 60.2 Å². The predicted molar refractivity (Wildman–Crippen MR) is 84.1 cm³/mol. The third-order valence-corrected chi connectivity index (χ3v) is 3.08. The number of rotatable bonds is 4. The fourth-order valence-electron chi connectivity index (χ4n) is 1.56. The number of thiocarbonyl (C=S) groups is 1. The molecule has 0 atom stereocenters. The van der Waals surface area contributed by atoms with Gasteiger partial charge in [0.25, 0.3) is 0 Å². The van der Waals surface area contributed by atoms with Gasteiger partial charge in [0.2, 0.25) is 0 Å². The van der Waals surface area contributed by atoms with Gasteiger partial charge in [0.05, 0.1) is 12.8 Å². The number of hydrogen-bond donors (Lipinski definition) is 2. The van der Waals surface area contributed by atoms with Gasteiger partial charge in [-0.05, 0) is 24.3 Å². The van der Waals surface area contributed by atoms with Gasteiger partial charge in [-0.1, -0.05) is 28.1 Å². The Labute approximate surface area is 125 Å². The van der Waals surface area contributed by atoms with Crippen molar-refractivity contribution in [3.8, 4) is 5.75 Å². The van der Waals surface area contributed by atoms with E-state index in [1.165, 1.54) is 0 Å². The quantitative estimate of drug-likeness (QED) is 0.838. The molecular weight excluding hydrogens is 326 g/mol. The Hall–Kier alpha value is -1.66. The van der Waals surface area contributed by atoms with Crippen LogP contribution in [0.15, 0.2) is 41.0 Å². The zero-order valence-electron chi connectivity index (χ0n) is 10.2. The van der Waals surface area contributed by atoms with Crippen molar-refractivity contribution in [2.45, 2.75) is 0 Å². The summed E-state index contributed by atoms with van der Waals surface area (Å²) in [6.07, 6.45) is 1.66. The summed E-state index contributed by atoms with van der Waals surface area (Å²) in [5.41, 5.74) is 7.90. The first-order chi connectivity index (χ1) is 9.08. The molecule has 1 heterocycles. The molecule has 0 aliphatic heterocycles. The van der Waals surface area contributed by atoms with Crippen molar-refractivity contribution in [2.75, 3.05) is 12.4 Å². The maximum Gasteiger partial charge on any atom is 0.122 e. The molecule has 4 nitrogen and oxygen atoms in total. The second-order valence-electron chi connectivity index (χ2n) is 3.80. The highest BCUT2D eigenvalue weighted by Crippen LogP contribution is 2.26. The number of nitrogens with one attached hydrogen (secondary N) is 1. The fourth-order valence-corrected chi connectivity index (χ4v) is 2.15. The standard InChI is InChI=1S/C13H12BrN3OS/c1-18-11-5-8(14)4-10(6-11)17-9-2-3-16-12(7-9)13(15)19/h2-7H,1H3,(H2,15,19)(H,16,17). The number of anilines is 2. The van der Waals surface area contributed by atoms with E-state index < -0.39 is 0 Å². The number of nitrogens with zero attached hydrogens (tertiary/aromatic N) is 1. The highest BCUT2D eigenvalue weighted by Gasteiger charge is 2.03. The van der Waals surface area contributed by atoms with Gasteiger partial charge in [0, 0.05) is 28.1 Å². The number of aromatic nitrogens is 1. The number of benzene rings is 1. The summed E-state index contributed by atoms with van der Waals surface area (Å²) in [6.45, 7) is 0. The summed E-state index contributed by atoms with van der Waals surface area (Å²) in [5.74, 6) is 0.764. The lowest BCUT2D eigenvalue weighted by Crippen LogP contribution is -2.11. The van der Waals surface area contributed by atoms with Crippen LogP contribution in [0.4, 0.5) is 11.4 Å². The van der Waals surface area contributed by atoms with Crippen LogP contribution in [0.25, 0.3) is 0 Å². The van der Waals surface area contributed by atoms with Gasteiger partial charge >= 0.3 is 0 Å². The third-order valence-electron chi connectivity index (χ3n) is 2.41. The van der Waals surface area contributed by atoms with Crippen molar-refractivity contribution in [3.05, 3.63) is 46.7 Å². The van der Waals surface area contributed by atoms with Crippen molar-refractivity contribution in [2.24, 2.45) is 5.73 Å². The molecule has 0 aliphatic carbocycles. The largest absolute Gasteiger partial charge is 0.497 e. The van der Waals surface area contributed by atoms with Crippen LogP contribution < -0.4 is 15.8 Å². The monoisotopic (exact) mass is 337 g/mol. The van der Waals surface area contributed by atoms with E-state index in [1.807, 2.05) is 24.3 Å². The van der Waals surface area contributed by atoms with Crippen molar-refractivity contribution in [3.63, 3.8) is 0 Å². The number of pyridine rings is 1. The summed E-state index contributed by atoms with van der Waals surface area (Å²) in [7, 11) is 1.63. The molecule has 19 heavy (non-hydrogen) atoms. The lowest BCUT2D eigenvalue weighted by atomic mass is 10.2. The third kappa shape index (κ3) is 3.65. The second kappa shape index (κ2) is 5.99. The first kappa shape index (κ1) is 13.8. The van der Waals surface area contributed by atoms with Crippen LogP contribution in [0, 0.1) is 0 Å². The maximum absolute atomic E-state index is 5.56. The lowest BCUT2D eigenvalue weighted by Gasteiger charge is -2.10. The van der Waals surface area contributed by atoms with Crippen molar-refractivity contribution >= 4 is 44.5 Å². The minimum absolute atomic E-state index is 0.274. The Morgan fingerprint density at radius 3 is 2.79 bits per heavy atom. The maximum atomic E-state index is 5.56. The molecule has 98 valence electrons. The molecule has 0 fully saturated rings. The average Bonchev–Trinajstić information content (AvgIpc) is 2.38. The Morgan fingerprint density at radius 1 is 1.32 bits per heavy atom. The van der Waals surface area contributed by atoms with E-state index in [4.69, 9.17) is 22.7 Å². The molecule has 1 aromatic carbocycles. The SMILES string of the molecule is COc1cc(Br)cc(Nc2ccnc(C(N)=S)c2)c1. The van der Waals surface area contributed by atoms with Gasteiger partial charge in [-0.25, -0.2) is 0 Å². The van der Waals surface area contributed by atoms with Crippen molar-refractivity contribution < 1.29 is 4.74 Å². The first-order valence-electron chi connectivity index (χ1n) is 5.46. The number of hydrogen-bond acceptors (Lipinski definition) is 4. The molecule has 0 saturated heterocycles. The molecule has 1 aromatic heterocycles. The van der Waals surface area contributed by atoms with E-state index in [0.29, 0.717) is 5.69 Å². The van der Waals surface area contributed by atoms with E-state index >= 15 is 0 Å². The molecule has 3 N–H and O–H groups in total. The van der Waals surface area contributed by atoms with Gasteiger partial charge in [-0.15, -0.1) is 0 Å². The molecule has 0 bridgehead atoms. The van der Waals surface area contributed by atoms with E-state index in [9.17, 15) is 0 Å². The van der Waals surface area contributed by atoms with Crippen molar-refractivity contribution in [1.82, 2.24) is 4.98 Å². The Kier molecular flexibility index (Phi) is 4.34. The molecule has 0 radical (unpaired) electrons. The normalized spacial score (nSPS) is 10.0. The van der Waals surface area contributed by atoms with Crippen LogP contribution in [0.1, 0.15) is 5.69 Å². The number of halogens is 1. The van der Waals surface area contributed by atoms with E-state index in [0.717, 1.165) is 21.6 Å². The summed E-state index contributed by atoms with van der Waals surface area (Å²) in [5, 5.41) is 3.25. The summed E-state index contributed by atoms with van der Waals surface area (Å²) in [6, 6.07) is 9.37. The summed E-state index contributed by atoms with van der Waals surface area (Å²) >= 11 is 8.34. The zero-order chi connectivity index (χ0) is 13.8. The van der Waals surface area contributed by atoms with Crippen LogP contribution in [0.5, 0.6) is 5.75 Å². The smallest absolute Gasteiger partial charge is 0.122 e. The van der Waals surface area contributed by atoms with E-state index in [1.54, 1.807) is 19.4 Å².